The first-order chi connectivity index (χ1) is 10.7. The third-order valence-electron chi connectivity index (χ3n) is 4.83. The van der Waals surface area contributed by atoms with E-state index in [-0.39, 0.29) is 0 Å². The lowest BCUT2D eigenvalue weighted by atomic mass is 9.98. The van der Waals surface area contributed by atoms with Crippen molar-refractivity contribution in [2.75, 3.05) is 12.8 Å². The summed E-state index contributed by atoms with van der Waals surface area (Å²) in [5, 5.41) is 3.64. The molecule has 1 aromatic heterocycles. The Morgan fingerprint density at radius 2 is 2.14 bits per heavy atom. The van der Waals surface area contributed by atoms with Gasteiger partial charge in [-0.15, -0.1) is 0 Å². The third-order valence-corrected chi connectivity index (χ3v) is 5.82. The van der Waals surface area contributed by atoms with E-state index in [4.69, 9.17) is 0 Å². The predicted octanol–water partition coefficient (Wildman–Crippen LogP) is 2.45. The number of hydrogen-bond acceptors (Lipinski definition) is 4. The molecule has 0 saturated carbocycles. The zero-order valence-electron chi connectivity index (χ0n) is 13.2. The van der Waals surface area contributed by atoms with Crippen LogP contribution in [0.1, 0.15) is 37.8 Å². The van der Waals surface area contributed by atoms with Crippen LogP contribution in [-0.2, 0) is 10.5 Å². The molecule has 2 aliphatic rings. The van der Waals surface area contributed by atoms with E-state index in [0.29, 0.717) is 30.5 Å². The maximum Gasteiger partial charge on any atom is 0.223 e. The van der Waals surface area contributed by atoms with Gasteiger partial charge in [0.25, 0.3) is 0 Å². The van der Waals surface area contributed by atoms with Crippen molar-refractivity contribution in [2.24, 2.45) is 0 Å². The van der Waals surface area contributed by atoms with Gasteiger partial charge in [-0.25, -0.2) is 0 Å². The Morgan fingerprint density at radius 3 is 2.82 bits per heavy atom. The van der Waals surface area contributed by atoms with Crippen molar-refractivity contribution in [3.8, 4) is 0 Å². The summed E-state index contributed by atoms with van der Waals surface area (Å²) in [7, 11) is 1.99. The van der Waals surface area contributed by atoms with Crippen LogP contribution in [0.4, 0.5) is 0 Å². The molecule has 22 heavy (non-hydrogen) atoms. The monoisotopic (exact) mass is 319 g/mol. The number of piperidine rings is 1. The highest BCUT2D eigenvalue weighted by Gasteiger charge is 2.36. The van der Waals surface area contributed by atoms with Gasteiger partial charge in [-0.3, -0.25) is 9.78 Å². The fraction of sp³-hybridized carbons (Fsp3) is 0.647. The van der Waals surface area contributed by atoms with E-state index in [1.54, 1.807) is 11.8 Å². The average molecular weight is 319 g/mol. The van der Waals surface area contributed by atoms with Crippen molar-refractivity contribution in [3.05, 3.63) is 30.1 Å². The molecule has 2 atom stereocenters. The lowest BCUT2D eigenvalue weighted by Crippen LogP contribution is -2.48. The summed E-state index contributed by atoms with van der Waals surface area (Å²) in [4.78, 5) is 18.7. The fourth-order valence-electron chi connectivity index (χ4n) is 3.54. The van der Waals surface area contributed by atoms with Crippen molar-refractivity contribution in [3.63, 3.8) is 0 Å². The van der Waals surface area contributed by atoms with Gasteiger partial charge in [0.15, 0.2) is 0 Å². The molecule has 2 fully saturated rings. The highest BCUT2D eigenvalue weighted by atomic mass is 32.2. The normalized spacial score (nSPS) is 26.9. The molecular weight excluding hydrogens is 294 g/mol. The number of nitrogens with zero attached hydrogens (tertiary/aromatic N) is 2. The van der Waals surface area contributed by atoms with Gasteiger partial charge >= 0.3 is 0 Å². The van der Waals surface area contributed by atoms with Crippen LogP contribution in [0.25, 0.3) is 0 Å². The first kappa shape index (κ1) is 15.8. The van der Waals surface area contributed by atoms with Gasteiger partial charge in [-0.05, 0) is 37.8 Å². The van der Waals surface area contributed by atoms with Crippen LogP contribution in [0.5, 0.6) is 0 Å². The summed E-state index contributed by atoms with van der Waals surface area (Å²) in [6.07, 6.45) is 7.26. The number of pyridine rings is 1. The summed E-state index contributed by atoms with van der Waals surface area (Å²) in [6, 6.07) is 7.68. The molecule has 2 saturated heterocycles. The Bertz CT molecular complexity index is 484. The zero-order valence-corrected chi connectivity index (χ0v) is 14.0. The van der Waals surface area contributed by atoms with Crippen LogP contribution < -0.4 is 5.32 Å². The molecule has 2 bridgehead atoms. The van der Waals surface area contributed by atoms with Crippen molar-refractivity contribution < 1.29 is 4.79 Å². The SMILES string of the molecule is CN(C(=O)CCSCc1ccccn1)C1CC2CCC(C1)N2. The van der Waals surface area contributed by atoms with E-state index >= 15 is 0 Å². The van der Waals surface area contributed by atoms with Gasteiger partial charge < -0.3 is 10.2 Å². The predicted molar refractivity (Wildman–Crippen MR) is 90.8 cm³/mol. The molecule has 1 N–H and O–H groups in total. The van der Waals surface area contributed by atoms with E-state index in [9.17, 15) is 4.79 Å². The summed E-state index contributed by atoms with van der Waals surface area (Å²) in [6.45, 7) is 0. The Balaban J connectivity index is 1.38. The van der Waals surface area contributed by atoms with E-state index in [1.807, 2.05) is 36.3 Å². The molecular formula is C17H25N3OS. The molecule has 1 aromatic rings. The third kappa shape index (κ3) is 4.02. The Kier molecular flexibility index (Phi) is 5.37. The van der Waals surface area contributed by atoms with Crippen LogP contribution in [0.2, 0.25) is 0 Å². The van der Waals surface area contributed by atoms with Crippen molar-refractivity contribution >= 4 is 17.7 Å². The number of carbonyl (C=O) groups is 1. The molecule has 4 nitrogen and oxygen atoms in total. The molecule has 120 valence electrons. The van der Waals surface area contributed by atoms with Crippen LogP contribution >= 0.6 is 11.8 Å². The highest BCUT2D eigenvalue weighted by molar-refractivity contribution is 7.98. The minimum atomic E-state index is 0.292. The standard InChI is InChI=1S/C17H25N3OS/c1-20(16-10-13-5-6-14(11-16)19-13)17(21)7-9-22-12-15-4-2-3-8-18-15/h2-4,8,13-14,16,19H,5-7,9-12H2,1H3. The first-order valence-corrected chi connectivity index (χ1v) is 9.37. The van der Waals surface area contributed by atoms with Crippen LogP contribution in [-0.4, -0.2) is 46.7 Å². The van der Waals surface area contributed by atoms with Gasteiger partial charge in [-0.2, -0.15) is 11.8 Å². The minimum Gasteiger partial charge on any atom is -0.343 e. The molecule has 3 rings (SSSR count). The van der Waals surface area contributed by atoms with Crippen LogP contribution in [0.15, 0.2) is 24.4 Å². The second-order valence-electron chi connectivity index (χ2n) is 6.39. The quantitative estimate of drug-likeness (QED) is 0.818. The number of rotatable bonds is 6. The molecule has 5 heteroatoms. The summed E-state index contributed by atoms with van der Waals surface area (Å²) in [5.74, 6) is 2.05. The lowest BCUT2D eigenvalue weighted by molar-refractivity contribution is -0.132. The zero-order chi connectivity index (χ0) is 15.4. The molecule has 3 heterocycles. The minimum absolute atomic E-state index is 0.292. The van der Waals surface area contributed by atoms with E-state index < -0.39 is 0 Å². The largest absolute Gasteiger partial charge is 0.343 e. The lowest BCUT2D eigenvalue weighted by Gasteiger charge is -2.35. The van der Waals surface area contributed by atoms with E-state index in [0.717, 1.165) is 30.0 Å². The molecule has 0 spiro atoms. The van der Waals surface area contributed by atoms with Crippen LogP contribution in [0.3, 0.4) is 0 Å². The average Bonchev–Trinajstić information content (AvgIpc) is 2.89. The topological polar surface area (TPSA) is 45.2 Å². The van der Waals surface area contributed by atoms with E-state index in [1.165, 1.54) is 12.8 Å². The van der Waals surface area contributed by atoms with Crippen molar-refractivity contribution in [1.82, 2.24) is 15.2 Å². The molecule has 0 radical (unpaired) electrons. The second kappa shape index (κ2) is 7.47. The van der Waals surface area contributed by atoms with Gasteiger partial charge in [0, 0.05) is 49.3 Å². The summed E-state index contributed by atoms with van der Waals surface area (Å²) in [5.41, 5.74) is 1.09. The number of nitrogens with one attached hydrogen (secondary N) is 1. The first-order valence-electron chi connectivity index (χ1n) is 8.21. The Labute approximate surface area is 137 Å². The molecule has 2 aliphatic heterocycles. The highest BCUT2D eigenvalue weighted by Crippen LogP contribution is 2.29. The fourth-order valence-corrected chi connectivity index (χ4v) is 4.39. The smallest absolute Gasteiger partial charge is 0.223 e. The number of hydrogen-bond donors (Lipinski definition) is 1. The Morgan fingerprint density at radius 1 is 1.36 bits per heavy atom. The van der Waals surface area contributed by atoms with Crippen molar-refractivity contribution in [2.45, 2.75) is 56.0 Å². The number of fused-ring (bicyclic) bond motifs is 2. The molecule has 2 unspecified atom stereocenters. The van der Waals surface area contributed by atoms with Crippen LogP contribution in [0, 0.1) is 0 Å². The van der Waals surface area contributed by atoms with Crippen molar-refractivity contribution in [1.29, 1.82) is 0 Å². The molecule has 0 aromatic carbocycles. The number of thioether (sulfide) groups is 1. The maximum absolute atomic E-state index is 12.4. The number of amides is 1. The van der Waals surface area contributed by atoms with Gasteiger partial charge in [-0.1, -0.05) is 6.07 Å². The number of carbonyl (C=O) groups excluding carboxylic acids is 1. The maximum atomic E-state index is 12.4. The Hall–Kier alpha value is -1.07. The summed E-state index contributed by atoms with van der Waals surface area (Å²) < 4.78 is 0. The van der Waals surface area contributed by atoms with Gasteiger partial charge in [0.2, 0.25) is 5.91 Å². The molecule has 1 amide bonds. The second-order valence-corrected chi connectivity index (χ2v) is 7.50. The number of aromatic nitrogens is 1. The van der Waals surface area contributed by atoms with Gasteiger partial charge in [0.05, 0.1) is 5.69 Å². The van der Waals surface area contributed by atoms with Gasteiger partial charge in [0.1, 0.15) is 0 Å². The van der Waals surface area contributed by atoms with E-state index in [2.05, 4.69) is 10.3 Å². The summed E-state index contributed by atoms with van der Waals surface area (Å²) >= 11 is 1.79. The molecule has 0 aliphatic carbocycles.